The Labute approximate surface area is 198 Å². The normalized spacial score (nSPS) is 19.6. The van der Waals surface area contributed by atoms with Gasteiger partial charge in [-0.1, -0.05) is 35.9 Å². The molecule has 3 rings (SSSR count). The van der Waals surface area contributed by atoms with Crippen LogP contribution < -0.4 is 15.4 Å². The van der Waals surface area contributed by atoms with E-state index in [9.17, 15) is 14.4 Å². The lowest BCUT2D eigenvalue weighted by Crippen LogP contribution is -2.50. The van der Waals surface area contributed by atoms with Crippen molar-refractivity contribution < 1.29 is 23.9 Å². The minimum Gasteiger partial charge on any atom is -0.497 e. The first-order valence-electron chi connectivity index (χ1n) is 10.7. The molecule has 8 nitrogen and oxygen atoms in total. The molecule has 2 N–H and O–H groups in total. The highest BCUT2D eigenvalue weighted by Gasteiger charge is 2.50. The van der Waals surface area contributed by atoms with Gasteiger partial charge in [-0.25, -0.2) is 4.79 Å². The van der Waals surface area contributed by atoms with E-state index >= 15 is 0 Å². The predicted octanol–water partition coefficient (Wildman–Crippen LogP) is 3.30. The summed E-state index contributed by atoms with van der Waals surface area (Å²) in [5.74, 6) is -0.803. The van der Waals surface area contributed by atoms with Gasteiger partial charge in [-0.15, -0.1) is 0 Å². The van der Waals surface area contributed by atoms with Crippen LogP contribution in [0, 0.1) is 5.92 Å². The Balaban J connectivity index is 1.88. The van der Waals surface area contributed by atoms with Gasteiger partial charge in [0.2, 0.25) is 5.91 Å². The standard InChI is InChI=1S/C24H28ClN3O5/c1-4-26-24(31)28-20(22(29)27-14-15-5-11-18(32-2)12-6-15)13-19(23(30)33-3)21(28)16-7-9-17(25)10-8-16/h5-12,19-21H,4,13-14H2,1-3H3,(H,26,31)(H,27,29). The van der Waals surface area contributed by atoms with Crippen molar-refractivity contribution in [3.05, 3.63) is 64.7 Å². The Morgan fingerprint density at radius 1 is 1.03 bits per heavy atom. The molecule has 3 unspecified atom stereocenters. The van der Waals surface area contributed by atoms with Crippen molar-refractivity contribution in [2.75, 3.05) is 20.8 Å². The number of amides is 3. The average Bonchev–Trinajstić information content (AvgIpc) is 3.24. The van der Waals surface area contributed by atoms with E-state index in [1.54, 1.807) is 38.3 Å². The molecule has 1 aliphatic rings. The summed E-state index contributed by atoms with van der Waals surface area (Å²) in [6.45, 7) is 2.45. The van der Waals surface area contributed by atoms with E-state index in [0.29, 0.717) is 17.1 Å². The van der Waals surface area contributed by atoms with Crippen molar-refractivity contribution in [3.63, 3.8) is 0 Å². The Kier molecular flexibility index (Phi) is 8.16. The summed E-state index contributed by atoms with van der Waals surface area (Å²) in [7, 11) is 2.89. The number of likely N-dealkylation sites (tertiary alicyclic amines) is 1. The molecular weight excluding hydrogens is 446 g/mol. The number of hydrogen-bond donors (Lipinski definition) is 2. The second kappa shape index (κ2) is 11.0. The lowest BCUT2D eigenvalue weighted by Gasteiger charge is -2.31. The Hall–Kier alpha value is -3.26. The van der Waals surface area contributed by atoms with Gasteiger partial charge in [0.15, 0.2) is 0 Å². The van der Waals surface area contributed by atoms with Crippen LogP contribution in [0.25, 0.3) is 0 Å². The number of urea groups is 1. The zero-order valence-corrected chi connectivity index (χ0v) is 19.6. The molecule has 0 saturated carbocycles. The minimum absolute atomic E-state index is 0.144. The number of nitrogens with one attached hydrogen (secondary N) is 2. The number of nitrogens with zero attached hydrogens (tertiary/aromatic N) is 1. The summed E-state index contributed by atoms with van der Waals surface area (Å²) in [4.78, 5) is 40.4. The van der Waals surface area contributed by atoms with Crippen LogP contribution in [0.2, 0.25) is 5.02 Å². The number of ether oxygens (including phenoxy) is 2. The lowest BCUT2D eigenvalue weighted by molar-refractivity contribution is -0.146. The van der Waals surface area contributed by atoms with Crippen molar-refractivity contribution in [3.8, 4) is 5.75 Å². The van der Waals surface area contributed by atoms with Crippen molar-refractivity contribution in [2.24, 2.45) is 5.92 Å². The number of methoxy groups -OCH3 is 2. The maximum absolute atomic E-state index is 13.2. The molecule has 1 aliphatic heterocycles. The average molecular weight is 474 g/mol. The number of carbonyl (C=O) groups excluding carboxylic acids is 3. The third kappa shape index (κ3) is 5.57. The van der Waals surface area contributed by atoms with E-state index in [1.165, 1.54) is 12.0 Å². The topological polar surface area (TPSA) is 97.0 Å². The van der Waals surface area contributed by atoms with Gasteiger partial charge in [0, 0.05) is 18.1 Å². The fourth-order valence-electron chi connectivity index (χ4n) is 4.09. The second-order valence-electron chi connectivity index (χ2n) is 7.69. The molecule has 0 spiro atoms. The summed E-state index contributed by atoms with van der Waals surface area (Å²) in [6.07, 6.45) is 0.144. The molecule has 1 heterocycles. The zero-order chi connectivity index (χ0) is 24.0. The SMILES string of the molecule is CCNC(=O)N1C(C(=O)NCc2ccc(OC)cc2)CC(C(=O)OC)C1c1ccc(Cl)cc1. The highest BCUT2D eigenvalue weighted by molar-refractivity contribution is 6.30. The molecular formula is C24H28ClN3O5. The van der Waals surface area contributed by atoms with Crippen LogP contribution in [0.15, 0.2) is 48.5 Å². The minimum atomic E-state index is -0.848. The first-order valence-corrected chi connectivity index (χ1v) is 11.1. The highest BCUT2D eigenvalue weighted by Crippen LogP contribution is 2.42. The molecule has 0 aliphatic carbocycles. The summed E-state index contributed by atoms with van der Waals surface area (Å²) in [5.41, 5.74) is 1.58. The summed E-state index contributed by atoms with van der Waals surface area (Å²) < 4.78 is 10.2. The quantitative estimate of drug-likeness (QED) is 0.601. The smallest absolute Gasteiger partial charge is 0.318 e. The van der Waals surface area contributed by atoms with Crippen LogP contribution in [-0.2, 0) is 20.9 Å². The van der Waals surface area contributed by atoms with Gasteiger partial charge in [0.05, 0.1) is 26.2 Å². The first kappa shape index (κ1) is 24.4. The largest absolute Gasteiger partial charge is 0.497 e. The maximum atomic E-state index is 13.2. The summed E-state index contributed by atoms with van der Waals surface area (Å²) in [6, 6.07) is 12.3. The van der Waals surface area contributed by atoms with Crippen LogP contribution in [0.5, 0.6) is 5.75 Å². The Bertz CT molecular complexity index is 981. The van der Waals surface area contributed by atoms with Gasteiger partial charge in [-0.3, -0.25) is 9.59 Å². The van der Waals surface area contributed by atoms with E-state index in [-0.39, 0.29) is 18.9 Å². The monoisotopic (exact) mass is 473 g/mol. The third-order valence-electron chi connectivity index (χ3n) is 5.70. The predicted molar refractivity (Wildman–Crippen MR) is 124 cm³/mol. The van der Waals surface area contributed by atoms with Crippen molar-refractivity contribution in [1.29, 1.82) is 0 Å². The van der Waals surface area contributed by atoms with Gasteiger partial charge in [0.25, 0.3) is 0 Å². The summed E-state index contributed by atoms with van der Waals surface area (Å²) >= 11 is 6.03. The Morgan fingerprint density at radius 3 is 2.27 bits per heavy atom. The molecule has 0 bridgehead atoms. The molecule has 2 aromatic carbocycles. The van der Waals surface area contributed by atoms with E-state index in [0.717, 1.165) is 11.3 Å². The molecule has 1 saturated heterocycles. The number of hydrogen-bond acceptors (Lipinski definition) is 5. The zero-order valence-electron chi connectivity index (χ0n) is 18.8. The van der Waals surface area contributed by atoms with Crippen LogP contribution in [0.3, 0.4) is 0 Å². The van der Waals surface area contributed by atoms with Crippen LogP contribution >= 0.6 is 11.6 Å². The summed E-state index contributed by atoms with van der Waals surface area (Å²) in [5, 5.41) is 6.18. The van der Waals surface area contributed by atoms with E-state index in [1.807, 2.05) is 24.3 Å². The molecule has 1 fully saturated rings. The van der Waals surface area contributed by atoms with Crippen LogP contribution in [0.4, 0.5) is 4.79 Å². The fourth-order valence-corrected chi connectivity index (χ4v) is 4.22. The molecule has 3 atom stereocenters. The van der Waals surface area contributed by atoms with Crippen molar-refractivity contribution >= 4 is 29.5 Å². The number of carbonyl (C=O) groups is 3. The molecule has 33 heavy (non-hydrogen) atoms. The third-order valence-corrected chi connectivity index (χ3v) is 5.95. The molecule has 3 amide bonds. The molecule has 0 aromatic heterocycles. The van der Waals surface area contributed by atoms with Crippen molar-refractivity contribution in [1.82, 2.24) is 15.5 Å². The first-order chi connectivity index (χ1) is 15.9. The van der Waals surface area contributed by atoms with E-state index in [2.05, 4.69) is 10.6 Å². The molecule has 9 heteroatoms. The maximum Gasteiger partial charge on any atom is 0.318 e. The number of rotatable bonds is 7. The van der Waals surface area contributed by atoms with E-state index < -0.39 is 30.0 Å². The fraction of sp³-hybridized carbons (Fsp3) is 0.375. The van der Waals surface area contributed by atoms with Gasteiger partial charge in [0.1, 0.15) is 11.8 Å². The second-order valence-corrected chi connectivity index (χ2v) is 8.12. The van der Waals surface area contributed by atoms with Gasteiger partial charge < -0.3 is 25.0 Å². The van der Waals surface area contributed by atoms with E-state index in [4.69, 9.17) is 21.1 Å². The van der Waals surface area contributed by atoms with Crippen LogP contribution in [-0.4, -0.2) is 49.6 Å². The van der Waals surface area contributed by atoms with Crippen molar-refractivity contribution in [2.45, 2.75) is 32.0 Å². The molecule has 0 radical (unpaired) electrons. The van der Waals surface area contributed by atoms with Gasteiger partial charge in [-0.2, -0.15) is 0 Å². The van der Waals surface area contributed by atoms with Gasteiger partial charge in [-0.05, 0) is 48.7 Å². The highest BCUT2D eigenvalue weighted by atomic mass is 35.5. The number of esters is 1. The van der Waals surface area contributed by atoms with Gasteiger partial charge >= 0.3 is 12.0 Å². The number of benzene rings is 2. The van der Waals surface area contributed by atoms with Crippen LogP contribution in [0.1, 0.15) is 30.5 Å². The number of halogens is 1. The Morgan fingerprint density at radius 2 is 1.70 bits per heavy atom. The lowest BCUT2D eigenvalue weighted by atomic mass is 9.93. The molecule has 176 valence electrons. The molecule has 2 aromatic rings.